The molecule has 1 unspecified atom stereocenters. The van der Waals surface area contributed by atoms with E-state index in [0.717, 1.165) is 41.9 Å². The van der Waals surface area contributed by atoms with Crippen LogP contribution in [0.1, 0.15) is 24.1 Å². The predicted octanol–water partition coefficient (Wildman–Crippen LogP) is 2.78. The molecular weight excluding hydrogens is 368 g/mol. The molecule has 2 aromatic carbocycles. The van der Waals surface area contributed by atoms with E-state index in [-0.39, 0.29) is 12.8 Å². The number of hydrogen-bond donors (Lipinski definition) is 2. The van der Waals surface area contributed by atoms with Crippen LogP contribution in [0.4, 0.5) is 0 Å². The van der Waals surface area contributed by atoms with E-state index < -0.39 is 0 Å². The number of likely N-dealkylation sites (N-methyl/N-ethyl adjacent to an activating group) is 1. The summed E-state index contributed by atoms with van der Waals surface area (Å²) in [6.07, 6.45) is 0. The molecule has 1 aliphatic rings. The zero-order valence-electron chi connectivity index (χ0n) is 17.6. The van der Waals surface area contributed by atoms with Crippen LogP contribution in [0.2, 0.25) is 0 Å². The Balaban J connectivity index is 1.65. The van der Waals surface area contributed by atoms with Gasteiger partial charge in [0, 0.05) is 13.1 Å². The molecule has 2 N–H and O–H groups in total. The number of ether oxygens (including phenoxy) is 3. The summed E-state index contributed by atoms with van der Waals surface area (Å²) in [4.78, 5) is 6.91. The lowest BCUT2D eigenvalue weighted by molar-refractivity contribution is 0.174. The molecule has 2 aromatic rings. The minimum Gasteiger partial charge on any atom is -0.497 e. The summed E-state index contributed by atoms with van der Waals surface area (Å²) in [5.74, 6) is 3.21. The molecule has 0 bridgehead atoms. The van der Waals surface area contributed by atoms with E-state index >= 15 is 0 Å². The molecule has 1 heterocycles. The van der Waals surface area contributed by atoms with E-state index in [4.69, 9.17) is 19.2 Å². The van der Waals surface area contributed by atoms with Gasteiger partial charge in [0.05, 0.1) is 19.7 Å². The average Bonchev–Trinajstić information content (AvgIpc) is 3.20. The van der Waals surface area contributed by atoms with Gasteiger partial charge in [-0.25, -0.2) is 4.99 Å². The lowest BCUT2D eigenvalue weighted by Gasteiger charge is -2.26. The van der Waals surface area contributed by atoms with Crippen molar-refractivity contribution in [2.45, 2.75) is 19.5 Å². The zero-order valence-corrected chi connectivity index (χ0v) is 17.6. The van der Waals surface area contributed by atoms with Crippen LogP contribution in [0, 0.1) is 0 Å². The maximum atomic E-state index is 5.45. The third-order valence-corrected chi connectivity index (χ3v) is 4.79. The Labute approximate surface area is 172 Å². The molecule has 0 radical (unpaired) electrons. The van der Waals surface area contributed by atoms with Gasteiger partial charge in [0.2, 0.25) is 6.79 Å². The monoisotopic (exact) mass is 398 g/mol. The number of fused-ring (bicyclic) bond motifs is 1. The van der Waals surface area contributed by atoms with E-state index in [1.807, 2.05) is 30.3 Å². The number of benzene rings is 2. The van der Waals surface area contributed by atoms with Crippen molar-refractivity contribution in [1.29, 1.82) is 0 Å². The molecule has 0 aliphatic carbocycles. The molecule has 1 atom stereocenters. The van der Waals surface area contributed by atoms with Crippen LogP contribution in [-0.2, 0) is 6.54 Å². The molecule has 3 rings (SSSR count). The molecule has 156 valence electrons. The van der Waals surface area contributed by atoms with Gasteiger partial charge < -0.3 is 29.7 Å². The standard InChI is InChI=1S/C22H30N4O3/c1-5-23-22(24-13-16-6-11-20-21(12-16)29-15-28-20)25-14-19(26(2)3)17-7-9-18(27-4)10-8-17/h6-12,19H,5,13-15H2,1-4H3,(H2,23,24,25). The van der Waals surface area contributed by atoms with Crippen LogP contribution in [0.25, 0.3) is 0 Å². The van der Waals surface area contributed by atoms with Crippen molar-refractivity contribution >= 4 is 5.96 Å². The quantitative estimate of drug-likeness (QED) is 0.527. The Morgan fingerprint density at radius 3 is 2.55 bits per heavy atom. The summed E-state index contributed by atoms with van der Waals surface area (Å²) < 4.78 is 16.1. The molecule has 29 heavy (non-hydrogen) atoms. The largest absolute Gasteiger partial charge is 0.497 e. The van der Waals surface area contributed by atoms with E-state index in [2.05, 4.69) is 48.7 Å². The van der Waals surface area contributed by atoms with Crippen LogP contribution < -0.4 is 24.8 Å². The molecule has 0 fully saturated rings. The lowest BCUT2D eigenvalue weighted by Crippen LogP contribution is -2.41. The second kappa shape index (κ2) is 10.0. The molecule has 0 saturated heterocycles. The minimum atomic E-state index is 0.204. The van der Waals surface area contributed by atoms with E-state index in [9.17, 15) is 0 Å². The highest BCUT2D eigenvalue weighted by molar-refractivity contribution is 5.79. The summed E-state index contributed by atoms with van der Waals surface area (Å²) >= 11 is 0. The Hall–Kier alpha value is -2.93. The summed E-state index contributed by atoms with van der Waals surface area (Å²) in [5.41, 5.74) is 2.29. The van der Waals surface area contributed by atoms with Crippen molar-refractivity contribution in [1.82, 2.24) is 15.5 Å². The molecule has 7 nitrogen and oxygen atoms in total. The van der Waals surface area contributed by atoms with Crippen LogP contribution >= 0.6 is 0 Å². The third kappa shape index (κ3) is 5.54. The van der Waals surface area contributed by atoms with Crippen molar-refractivity contribution in [3.63, 3.8) is 0 Å². The summed E-state index contributed by atoms with van der Waals surface area (Å²) in [7, 11) is 5.83. The summed E-state index contributed by atoms with van der Waals surface area (Å²) in [5, 5.41) is 6.78. The van der Waals surface area contributed by atoms with Gasteiger partial charge >= 0.3 is 0 Å². The van der Waals surface area contributed by atoms with Crippen molar-refractivity contribution in [2.75, 3.05) is 41.1 Å². The first kappa shape index (κ1) is 20.8. The van der Waals surface area contributed by atoms with Crippen LogP contribution in [0.5, 0.6) is 17.2 Å². The Morgan fingerprint density at radius 1 is 1.10 bits per heavy atom. The predicted molar refractivity (Wildman–Crippen MR) is 115 cm³/mol. The highest BCUT2D eigenvalue weighted by Crippen LogP contribution is 2.32. The molecular formula is C22H30N4O3. The second-order valence-corrected chi connectivity index (χ2v) is 7.02. The van der Waals surface area contributed by atoms with Gasteiger partial charge in [0.1, 0.15) is 5.75 Å². The number of aliphatic imine (C=N–C) groups is 1. The summed E-state index contributed by atoms with van der Waals surface area (Å²) in [6, 6.07) is 14.3. The van der Waals surface area contributed by atoms with E-state index in [1.54, 1.807) is 7.11 Å². The molecule has 0 amide bonds. The highest BCUT2D eigenvalue weighted by Gasteiger charge is 2.15. The van der Waals surface area contributed by atoms with Gasteiger partial charge in [0.25, 0.3) is 0 Å². The fraction of sp³-hybridized carbons (Fsp3) is 0.409. The topological polar surface area (TPSA) is 67.4 Å². The zero-order chi connectivity index (χ0) is 20.6. The van der Waals surface area contributed by atoms with Crippen LogP contribution in [-0.4, -0.2) is 51.9 Å². The van der Waals surface area contributed by atoms with Crippen molar-refractivity contribution in [3.05, 3.63) is 53.6 Å². The van der Waals surface area contributed by atoms with Gasteiger partial charge in [-0.2, -0.15) is 0 Å². The average molecular weight is 399 g/mol. The number of hydrogen-bond acceptors (Lipinski definition) is 5. The maximum Gasteiger partial charge on any atom is 0.231 e. The second-order valence-electron chi connectivity index (χ2n) is 7.02. The number of methoxy groups -OCH3 is 1. The van der Waals surface area contributed by atoms with Crippen molar-refractivity contribution in [3.8, 4) is 17.2 Å². The molecule has 0 spiro atoms. The fourth-order valence-electron chi connectivity index (χ4n) is 3.17. The third-order valence-electron chi connectivity index (χ3n) is 4.79. The number of guanidine groups is 1. The Morgan fingerprint density at radius 2 is 1.86 bits per heavy atom. The smallest absolute Gasteiger partial charge is 0.231 e. The van der Waals surface area contributed by atoms with Crippen LogP contribution in [0.3, 0.4) is 0 Å². The van der Waals surface area contributed by atoms with Gasteiger partial charge in [-0.3, -0.25) is 0 Å². The first-order chi connectivity index (χ1) is 14.1. The normalized spacial score (nSPS) is 14.0. The fourth-order valence-corrected chi connectivity index (χ4v) is 3.17. The van der Waals surface area contributed by atoms with Gasteiger partial charge in [-0.1, -0.05) is 18.2 Å². The highest BCUT2D eigenvalue weighted by atomic mass is 16.7. The first-order valence-electron chi connectivity index (χ1n) is 9.81. The number of rotatable bonds is 8. The summed E-state index contributed by atoms with van der Waals surface area (Å²) in [6.45, 7) is 4.42. The lowest BCUT2D eigenvalue weighted by atomic mass is 10.1. The van der Waals surface area contributed by atoms with E-state index in [0.29, 0.717) is 6.54 Å². The molecule has 7 heteroatoms. The molecule has 1 aliphatic heterocycles. The SMILES string of the molecule is CCNC(=NCc1ccc2c(c1)OCO2)NCC(c1ccc(OC)cc1)N(C)C. The van der Waals surface area contributed by atoms with Crippen molar-refractivity contribution < 1.29 is 14.2 Å². The first-order valence-corrected chi connectivity index (χ1v) is 9.81. The number of nitrogens with one attached hydrogen (secondary N) is 2. The van der Waals surface area contributed by atoms with Gasteiger partial charge in [-0.05, 0) is 56.4 Å². The van der Waals surface area contributed by atoms with Crippen LogP contribution in [0.15, 0.2) is 47.5 Å². The molecule has 0 aromatic heterocycles. The maximum absolute atomic E-state index is 5.45. The Kier molecular flexibility index (Phi) is 7.19. The van der Waals surface area contributed by atoms with E-state index in [1.165, 1.54) is 5.56 Å². The van der Waals surface area contributed by atoms with Gasteiger partial charge in [-0.15, -0.1) is 0 Å². The molecule has 0 saturated carbocycles. The minimum absolute atomic E-state index is 0.204. The Bertz CT molecular complexity index is 821. The number of nitrogens with zero attached hydrogens (tertiary/aromatic N) is 2. The van der Waals surface area contributed by atoms with Crippen molar-refractivity contribution in [2.24, 2.45) is 4.99 Å². The van der Waals surface area contributed by atoms with Gasteiger partial charge in [0.15, 0.2) is 17.5 Å².